The molecular weight excluding hydrogens is 189 g/mol. The summed E-state index contributed by atoms with van der Waals surface area (Å²) in [6, 6.07) is 0. The summed E-state index contributed by atoms with van der Waals surface area (Å²) >= 11 is 2.97. The Morgan fingerprint density at radius 1 is 0.778 bits per heavy atom. The van der Waals surface area contributed by atoms with Gasteiger partial charge in [0.1, 0.15) is 0 Å². The van der Waals surface area contributed by atoms with E-state index in [0.29, 0.717) is 0 Å². The normalized spacial score (nSPS) is 18.7. The summed E-state index contributed by atoms with van der Waals surface area (Å²) in [5.41, 5.74) is 0. The van der Waals surface area contributed by atoms with Gasteiger partial charge >= 0.3 is 33.0 Å². The molecule has 0 aliphatic heterocycles. The minimum absolute atomic E-state index is 1.81. The van der Waals surface area contributed by atoms with Crippen molar-refractivity contribution in [3.8, 4) is 0 Å². The van der Waals surface area contributed by atoms with Gasteiger partial charge in [0.2, 0.25) is 0 Å². The van der Waals surface area contributed by atoms with Crippen molar-refractivity contribution >= 4 is 20.4 Å². The molecule has 0 amide bonds. The van der Waals surface area contributed by atoms with Gasteiger partial charge in [0.15, 0.2) is 0 Å². The Morgan fingerprint density at radius 2 is 0.778 bits per heavy atom. The Balaban J connectivity index is 0. The molecule has 0 bridgehead atoms. The molecule has 0 aromatic heterocycles. The van der Waals surface area contributed by atoms with Crippen molar-refractivity contribution in [2.75, 3.05) is 6.26 Å². The second-order valence-electron chi connectivity index (χ2n) is 0.958. The van der Waals surface area contributed by atoms with Crippen LogP contribution in [-0.4, -0.2) is 6.26 Å². The van der Waals surface area contributed by atoms with Crippen LogP contribution in [0.4, 0.5) is 25.2 Å². The van der Waals surface area contributed by atoms with Crippen molar-refractivity contribution in [1.82, 2.24) is 0 Å². The van der Waals surface area contributed by atoms with E-state index in [-0.39, 0.29) is 0 Å². The second kappa shape index (κ2) is 1.92. The zero-order chi connectivity index (χ0) is 8.41. The third-order valence-corrected chi connectivity index (χ3v) is 0. The van der Waals surface area contributed by atoms with Crippen LogP contribution in [0.1, 0.15) is 0 Å². The predicted molar refractivity (Wildman–Crippen MR) is 29.6 cm³/mol. The molecule has 0 atom stereocenters. The van der Waals surface area contributed by atoms with Crippen molar-refractivity contribution in [3.05, 3.63) is 0 Å². The van der Waals surface area contributed by atoms with Crippen LogP contribution in [0.5, 0.6) is 0 Å². The van der Waals surface area contributed by atoms with E-state index in [2.05, 4.69) is 12.6 Å². The van der Waals surface area contributed by atoms with Crippen molar-refractivity contribution < 1.29 is 25.2 Å². The van der Waals surface area contributed by atoms with E-state index in [1.807, 2.05) is 0 Å². The summed E-state index contributed by atoms with van der Waals surface area (Å²) in [6.07, 6.45) is 1.81. The Labute approximate surface area is 52.9 Å². The number of hydrogen-bond donors (Lipinski definition) is 0. The molecule has 0 aromatic carbocycles. The van der Waals surface area contributed by atoms with Crippen LogP contribution in [0.3, 0.4) is 0 Å². The molecule has 0 unspecified atom stereocenters. The third kappa shape index (κ3) is 2610. The molecular formula is CH5F6PS. The topological polar surface area (TPSA) is 0 Å². The van der Waals surface area contributed by atoms with Gasteiger partial charge in [-0.2, -0.15) is 0 Å². The fourth-order valence-corrected chi connectivity index (χ4v) is 0. The Bertz CT molecular complexity index is 71.6. The second-order valence-corrected chi connectivity index (χ2v) is 2.87. The number of rotatable bonds is 0. The quantitative estimate of drug-likeness (QED) is 0.316. The summed E-state index contributed by atoms with van der Waals surface area (Å²) in [7, 11) is -10.7. The summed E-state index contributed by atoms with van der Waals surface area (Å²) in [5, 5.41) is 0. The van der Waals surface area contributed by atoms with Crippen molar-refractivity contribution in [3.63, 3.8) is 0 Å². The first-order valence-corrected chi connectivity index (χ1v) is 4.54. The standard InChI is InChI=1S/CH4S.F6P/c1-2;1-7(2,3,4,5)6/h2H,1H3;/q;-1/p+1. The Hall–Kier alpha value is 0.360. The predicted octanol–water partition coefficient (Wildman–Crippen LogP) is 3.01. The first kappa shape index (κ1) is 12.1. The zero-order valence-corrected chi connectivity index (χ0v) is 6.11. The fraction of sp³-hybridized carbons (Fsp3) is 1.00. The molecule has 0 N–H and O–H groups in total. The van der Waals surface area contributed by atoms with Crippen LogP contribution in [-0.2, 0) is 12.6 Å². The van der Waals surface area contributed by atoms with Gasteiger partial charge < -0.3 is 0 Å². The molecule has 0 radical (unpaired) electrons. The zero-order valence-electron chi connectivity index (χ0n) is 4.22. The molecule has 0 fully saturated rings. The third-order valence-electron chi connectivity index (χ3n) is 0. The molecule has 0 aliphatic rings. The van der Waals surface area contributed by atoms with Crippen molar-refractivity contribution in [2.24, 2.45) is 0 Å². The van der Waals surface area contributed by atoms with Gasteiger partial charge in [-0.15, -0.1) is 0 Å². The molecule has 0 rings (SSSR count). The van der Waals surface area contributed by atoms with E-state index < -0.39 is 7.81 Å². The van der Waals surface area contributed by atoms with Gasteiger partial charge in [0.25, 0.3) is 0 Å². The SMILES string of the molecule is C[SH2+].F[P-](F)(F)(F)(F)F. The van der Waals surface area contributed by atoms with Gasteiger partial charge in [-0.05, 0) is 12.6 Å². The molecule has 0 nitrogen and oxygen atoms in total. The molecule has 0 saturated carbocycles. The van der Waals surface area contributed by atoms with Crippen LogP contribution in [0.2, 0.25) is 0 Å². The van der Waals surface area contributed by atoms with Crippen molar-refractivity contribution in [2.45, 2.75) is 0 Å². The van der Waals surface area contributed by atoms with Crippen LogP contribution < -0.4 is 0 Å². The maximum atomic E-state index is 9.87. The molecule has 8 heteroatoms. The van der Waals surface area contributed by atoms with Crippen LogP contribution in [0.15, 0.2) is 0 Å². The summed E-state index contributed by atoms with van der Waals surface area (Å²) in [4.78, 5) is 0. The molecule has 0 spiro atoms. The summed E-state index contributed by atoms with van der Waals surface area (Å²) < 4.78 is 59.2. The molecule has 62 valence electrons. The van der Waals surface area contributed by atoms with Crippen LogP contribution in [0.25, 0.3) is 0 Å². The van der Waals surface area contributed by atoms with E-state index in [1.165, 1.54) is 0 Å². The maximum absolute atomic E-state index is 10.7. The summed E-state index contributed by atoms with van der Waals surface area (Å²) in [6.45, 7) is 0. The Morgan fingerprint density at radius 3 is 0.778 bits per heavy atom. The average Bonchev–Trinajstić information content (AvgIpc) is 1.30. The fourth-order valence-electron chi connectivity index (χ4n) is 0. The number of halogens is 6. The van der Waals surface area contributed by atoms with E-state index in [9.17, 15) is 25.2 Å². The summed E-state index contributed by atoms with van der Waals surface area (Å²) in [5.74, 6) is 0. The van der Waals surface area contributed by atoms with Crippen LogP contribution >= 0.6 is 7.81 Å². The van der Waals surface area contributed by atoms with Gasteiger partial charge in [0, 0.05) is 0 Å². The molecule has 0 saturated heterocycles. The minimum atomic E-state index is -10.7. The first-order valence-electron chi connectivity index (χ1n) is 1.51. The molecule has 0 aromatic rings. The van der Waals surface area contributed by atoms with E-state index in [4.69, 9.17) is 0 Å². The molecule has 0 aliphatic carbocycles. The first-order chi connectivity index (χ1) is 3.45. The van der Waals surface area contributed by atoms with Crippen LogP contribution in [0, 0.1) is 0 Å². The van der Waals surface area contributed by atoms with Gasteiger partial charge in [-0.3, -0.25) is 0 Å². The van der Waals surface area contributed by atoms with E-state index in [1.54, 1.807) is 6.26 Å². The molecule has 0 heterocycles. The van der Waals surface area contributed by atoms with Gasteiger partial charge in [0.05, 0.1) is 6.26 Å². The van der Waals surface area contributed by atoms with E-state index in [0.717, 1.165) is 0 Å². The van der Waals surface area contributed by atoms with Crippen molar-refractivity contribution in [1.29, 1.82) is 0 Å². The van der Waals surface area contributed by atoms with E-state index >= 15 is 0 Å². The molecule has 9 heavy (non-hydrogen) atoms. The average molecular weight is 194 g/mol. The number of hydrogen-bond acceptors (Lipinski definition) is 0. The Kier molecular flexibility index (Phi) is 2.58. The van der Waals surface area contributed by atoms with Gasteiger partial charge in [-0.1, -0.05) is 0 Å². The monoisotopic (exact) mass is 194 g/mol. The van der Waals surface area contributed by atoms with Gasteiger partial charge in [-0.25, -0.2) is 0 Å².